The van der Waals surface area contributed by atoms with Crippen molar-refractivity contribution in [3.05, 3.63) is 22.6 Å². The number of carboxylic acid groups (broad SMARTS) is 1. The maximum absolute atomic E-state index is 10.9. The van der Waals surface area contributed by atoms with E-state index in [0.717, 1.165) is 0 Å². The maximum Gasteiger partial charge on any atom is 0.305 e. The number of aliphatic carboxylic acids is 1. The first-order chi connectivity index (χ1) is 6.99. The first-order valence-corrected chi connectivity index (χ1v) is 5.02. The number of carbonyl (C=O) groups is 2. The van der Waals surface area contributed by atoms with E-state index in [2.05, 4.69) is 21.2 Å². The van der Waals surface area contributed by atoms with Gasteiger partial charge in [-0.25, -0.2) is 0 Å². The molecule has 0 radical (unpaired) electrons. The summed E-state index contributed by atoms with van der Waals surface area (Å²) in [6.45, 7) is 1.33. The highest BCUT2D eigenvalue weighted by Crippen LogP contribution is 2.22. The molecule has 82 valence electrons. The van der Waals surface area contributed by atoms with Crippen molar-refractivity contribution in [1.29, 1.82) is 0 Å². The van der Waals surface area contributed by atoms with Gasteiger partial charge in [0.05, 0.1) is 12.5 Å². The van der Waals surface area contributed by atoms with Gasteiger partial charge in [-0.2, -0.15) is 0 Å². The van der Waals surface area contributed by atoms with Crippen LogP contribution in [-0.2, 0) is 9.59 Å². The SMILES string of the molecule is CC(=O)N[C@H](CC(=O)O)c1ccc(Br)o1. The highest BCUT2D eigenvalue weighted by molar-refractivity contribution is 9.10. The molecule has 0 spiro atoms. The molecular formula is C9H10BrNO4. The van der Waals surface area contributed by atoms with Crippen LogP contribution in [0, 0.1) is 0 Å². The Morgan fingerprint density at radius 3 is 2.67 bits per heavy atom. The molecule has 0 aliphatic carbocycles. The summed E-state index contributed by atoms with van der Waals surface area (Å²) in [5.74, 6) is -0.880. The van der Waals surface area contributed by atoms with E-state index in [0.29, 0.717) is 10.4 Å². The van der Waals surface area contributed by atoms with Gasteiger partial charge < -0.3 is 14.8 Å². The van der Waals surface area contributed by atoms with Crippen LogP contribution in [0.5, 0.6) is 0 Å². The Labute approximate surface area is 94.6 Å². The first kappa shape index (κ1) is 11.8. The summed E-state index contributed by atoms with van der Waals surface area (Å²) < 4.78 is 5.68. The lowest BCUT2D eigenvalue weighted by atomic mass is 10.1. The zero-order valence-electron chi connectivity index (χ0n) is 7.99. The third-order valence-electron chi connectivity index (χ3n) is 1.69. The van der Waals surface area contributed by atoms with Crippen molar-refractivity contribution >= 4 is 27.8 Å². The fourth-order valence-corrected chi connectivity index (χ4v) is 1.48. The number of furan rings is 1. The minimum absolute atomic E-state index is 0.209. The Bertz CT molecular complexity index is 358. The van der Waals surface area contributed by atoms with E-state index in [1.165, 1.54) is 6.92 Å². The summed E-state index contributed by atoms with van der Waals surface area (Å²) in [7, 11) is 0. The van der Waals surface area contributed by atoms with Gasteiger partial charge >= 0.3 is 5.97 Å². The second kappa shape index (κ2) is 4.97. The van der Waals surface area contributed by atoms with Gasteiger partial charge in [-0.1, -0.05) is 0 Å². The van der Waals surface area contributed by atoms with Crippen LogP contribution in [0.1, 0.15) is 25.1 Å². The van der Waals surface area contributed by atoms with Gasteiger partial charge in [0.25, 0.3) is 0 Å². The van der Waals surface area contributed by atoms with E-state index in [1.807, 2.05) is 0 Å². The molecule has 1 atom stereocenters. The predicted molar refractivity (Wildman–Crippen MR) is 55.2 cm³/mol. The largest absolute Gasteiger partial charge is 0.481 e. The van der Waals surface area contributed by atoms with Gasteiger partial charge in [0, 0.05) is 6.92 Å². The number of hydrogen-bond acceptors (Lipinski definition) is 3. The topological polar surface area (TPSA) is 79.5 Å². The quantitative estimate of drug-likeness (QED) is 0.877. The summed E-state index contributed by atoms with van der Waals surface area (Å²) in [5.41, 5.74) is 0. The van der Waals surface area contributed by atoms with Crippen molar-refractivity contribution in [3.63, 3.8) is 0 Å². The molecule has 5 nitrogen and oxygen atoms in total. The lowest BCUT2D eigenvalue weighted by molar-refractivity contribution is -0.137. The Hall–Kier alpha value is -1.30. The van der Waals surface area contributed by atoms with Crippen LogP contribution in [0.2, 0.25) is 0 Å². The molecule has 0 aromatic carbocycles. The van der Waals surface area contributed by atoms with Gasteiger partial charge in [-0.3, -0.25) is 9.59 Å². The molecule has 0 bridgehead atoms. The third kappa shape index (κ3) is 3.75. The molecule has 0 aliphatic rings. The van der Waals surface area contributed by atoms with Crippen molar-refractivity contribution in [2.75, 3.05) is 0 Å². The Balaban J connectivity index is 2.80. The molecule has 1 heterocycles. The zero-order chi connectivity index (χ0) is 11.4. The molecule has 1 aromatic rings. The molecule has 1 amide bonds. The van der Waals surface area contributed by atoms with E-state index in [4.69, 9.17) is 9.52 Å². The molecule has 6 heteroatoms. The highest BCUT2D eigenvalue weighted by atomic mass is 79.9. The predicted octanol–water partition coefficient (Wildman–Crippen LogP) is 1.69. The molecule has 15 heavy (non-hydrogen) atoms. The van der Waals surface area contributed by atoms with Crippen LogP contribution >= 0.6 is 15.9 Å². The fourth-order valence-electron chi connectivity index (χ4n) is 1.16. The molecule has 1 rings (SSSR count). The van der Waals surface area contributed by atoms with Crippen LogP contribution in [0.25, 0.3) is 0 Å². The molecule has 0 saturated carbocycles. The Morgan fingerprint density at radius 1 is 1.60 bits per heavy atom. The number of hydrogen-bond donors (Lipinski definition) is 2. The second-order valence-electron chi connectivity index (χ2n) is 2.99. The van der Waals surface area contributed by atoms with Crippen molar-refractivity contribution < 1.29 is 19.1 Å². The van der Waals surface area contributed by atoms with Crippen LogP contribution in [0.3, 0.4) is 0 Å². The Kier molecular flexibility index (Phi) is 3.90. The van der Waals surface area contributed by atoms with Gasteiger partial charge in [-0.15, -0.1) is 0 Å². The van der Waals surface area contributed by atoms with Crippen LogP contribution in [0.15, 0.2) is 21.2 Å². The maximum atomic E-state index is 10.9. The molecule has 2 N–H and O–H groups in total. The minimum Gasteiger partial charge on any atom is -0.481 e. The van der Waals surface area contributed by atoms with Crippen molar-refractivity contribution in [2.24, 2.45) is 0 Å². The van der Waals surface area contributed by atoms with Gasteiger partial charge in [0.2, 0.25) is 5.91 Å². The summed E-state index contributed by atoms with van der Waals surface area (Å²) in [4.78, 5) is 21.4. The minimum atomic E-state index is -0.999. The highest BCUT2D eigenvalue weighted by Gasteiger charge is 2.19. The number of amides is 1. The van der Waals surface area contributed by atoms with Crippen molar-refractivity contribution in [1.82, 2.24) is 5.32 Å². The van der Waals surface area contributed by atoms with Crippen LogP contribution < -0.4 is 5.32 Å². The average Bonchev–Trinajstić information content (AvgIpc) is 2.48. The summed E-state index contributed by atoms with van der Waals surface area (Å²) in [6, 6.07) is 2.63. The van der Waals surface area contributed by atoms with E-state index in [-0.39, 0.29) is 12.3 Å². The van der Waals surface area contributed by atoms with Gasteiger partial charge in [-0.05, 0) is 28.1 Å². The first-order valence-electron chi connectivity index (χ1n) is 4.23. The number of nitrogens with one attached hydrogen (secondary N) is 1. The molecule has 0 aliphatic heterocycles. The van der Waals surface area contributed by atoms with Crippen LogP contribution in [0.4, 0.5) is 0 Å². The fraction of sp³-hybridized carbons (Fsp3) is 0.333. The van der Waals surface area contributed by atoms with Crippen molar-refractivity contribution in [3.8, 4) is 0 Å². The zero-order valence-corrected chi connectivity index (χ0v) is 9.58. The van der Waals surface area contributed by atoms with E-state index >= 15 is 0 Å². The third-order valence-corrected chi connectivity index (χ3v) is 2.12. The summed E-state index contributed by atoms with van der Waals surface area (Å²) in [6.07, 6.45) is -0.209. The number of rotatable bonds is 4. The van der Waals surface area contributed by atoms with E-state index < -0.39 is 12.0 Å². The standard InChI is InChI=1S/C9H10BrNO4/c1-5(12)11-6(4-9(13)14)7-2-3-8(10)15-7/h2-3,6H,4H2,1H3,(H,11,12)(H,13,14)/t6-/m1/s1. The molecule has 0 fully saturated rings. The Morgan fingerprint density at radius 2 is 2.27 bits per heavy atom. The van der Waals surface area contributed by atoms with Gasteiger partial charge in [0.1, 0.15) is 5.76 Å². The second-order valence-corrected chi connectivity index (χ2v) is 3.77. The molecule has 0 unspecified atom stereocenters. The molecular weight excluding hydrogens is 266 g/mol. The summed E-state index contributed by atoms with van der Waals surface area (Å²) in [5, 5.41) is 11.2. The number of carboxylic acids is 1. The van der Waals surface area contributed by atoms with Crippen LogP contribution in [-0.4, -0.2) is 17.0 Å². The monoisotopic (exact) mass is 275 g/mol. The number of halogens is 1. The summed E-state index contributed by atoms with van der Waals surface area (Å²) >= 11 is 3.11. The van der Waals surface area contributed by atoms with Crippen molar-refractivity contribution in [2.45, 2.75) is 19.4 Å². The lowest BCUT2D eigenvalue weighted by Gasteiger charge is -2.12. The smallest absolute Gasteiger partial charge is 0.305 e. The van der Waals surface area contributed by atoms with E-state index in [9.17, 15) is 9.59 Å². The molecule has 1 aromatic heterocycles. The van der Waals surface area contributed by atoms with Gasteiger partial charge in [0.15, 0.2) is 4.67 Å². The lowest BCUT2D eigenvalue weighted by Crippen LogP contribution is -2.27. The normalized spacial score (nSPS) is 12.1. The average molecular weight is 276 g/mol. The van der Waals surface area contributed by atoms with E-state index in [1.54, 1.807) is 12.1 Å². The number of carbonyl (C=O) groups excluding carboxylic acids is 1. The molecule has 0 saturated heterocycles.